The van der Waals surface area contributed by atoms with Crippen LogP contribution in [0.25, 0.3) is 22.4 Å². The molecule has 33 heavy (non-hydrogen) atoms. The Balaban J connectivity index is 1.15. The van der Waals surface area contributed by atoms with Crippen molar-refractivity contribution in [2.45, 2.75) is 29.8 Å². The Hall–Kier alpha value is -3.62. The maximum absolute atomic E-state index is 12.8. The lowest BCUT2D eigenvalue weighted by molar-refractivity contribution is 0.217. The molecule has 4 heterocycles. The molecular formula is C25H21N5O2S. The van der Waals surface area contributed by atoms with E-state index < -0.39 is 0 Å². The molecule has 0 saturated heterocycles. The van der Waals surface area contributed by atoms with E-state index in [-0.39, 0.29) is 5.56 Å². The maximum Gasteiger partial charge on any atom is 0.255 e. The summed E-state index contributed by atoms with van der Waals surface area (Å²) in [5.74, 6) is 1.49. The Morgan fingerprint density at radius 3 is 2.70 bits per heavy atom. The minimum atomic E-state index is -0.0656. The van der Waals surface area contributed by atoms with Crippen LogP contribution in [0.3, 0.4) is 0 Å². The van der Waals surface area contributed by atoms with Crippen LogP contribution in [-0.2, 0) is 19.5 Å². The quantitative estimate of drug-likeness (QED) is 0.402. The molecule has 0 bridgehead atoms. The Bertz CT molecular complexity index is 1450. The first-order chi connectivity index (χ1) is 16.2. The Morgan fingerprint density at radius 1 is 0.970 bits per heavy atom. The van der Waals surface area contributed by atoms with Crippen molar-refractivity contribution in [2.75, 3.05) is 6.54 Å². The van der Waals surface area contributed by atoms with Gasteiger partial charge in [-0.2, -0.15) is 0 Å². The third-order valence-corrected chi connectivity index (χ3v) is 6.58. The number of hydrogen-bond acceptors (Lipinski definition) is 6. The third-order valence-electron chi connectivity index (χ3n) is 5.78. The average Bonchev–Trinajstić information content (AvgIpc) is 3.46. The molecule has 2 aromatic carbocycles. The van der Waals surface area contributed by atoms with Crippen LogP contribution in [0, 0.1) is 0 Å². The Kier molecular flexibility index (Phi) is 5.09. The number of H-pyrrole nitrogens is 2. The van der Waals surface area contributed by atoms with E-state index in [1.165, 1.54) is 11.8 Å². The van der Waals surface area contributed by atoms with E-state index in [4.69, 9.17) is 9.40 Å². The van der Waals surface area contributed by atoms with Crippen molar-refractivity contribution >= 4 is 22.8 Å². The van der Waals surface area contributed by atoms with E-state index in [9.17, 15) is 4.79 Å². The average molecular weight is 456 g/mol. The fourth-order valence-corrected chi connectivity index (χ4v) is 4.92. The summed E-state index contributed by atoms with van der Waals surface area (Å²) in [6.45, 7) is 2.02. The molecule has 0 unspecified atom stereocenters. The number of para-hydroxylation sites is 2. The topological polar surface area (TPSA) is 90.8 Å². The molecule has 0 radical (unpaired) electrons. The Labute approximate surface area is 193 Å². The summed E-state index contributed by atoms with van der Waals surface area (Å²) in [5.41, 5.74) is 4.42. The molecule has 0 aliphatic carbocycles. The largest absolute Gasteiger partial charge is 0.453 e. The lowest BCUT2D eigenvalue weighted by Gasteiger charge is -2.26. The molecule has 3 aromatic heterocycles. The van der Waals surface area contributed by atoms with Gasteiger partial charge in [-0.05, 0) is 36.0 Å². The first-order valence-corrected chi connectivity index (χ1v) is 11.6. The number of furan rings is 1. The van der Waals surface area contributed by atoms with E-state index in [1.807, 2.05) is 66.7 Å². The summed E-state index contributed by atoms with van der Waals surface area (Å²) in [4.78, 5) is 30.6. The predicted octanol–water partition coefficient (Wildman–Crippen LogP) is 4.62. The highest BCUT2D eigenvalue weighted by atomic mass is 32.2. The molecule has 7 nitrogen and oxygen atoms in total. The van der Waals surface area contributed by atoms with Crippen molar-refractivity contribution in [3.05, 3.63) is 94.1 Å². The number of benzene rings is 2. The zero-order valence-electron chi connectivity index (χ0n) is 17.7. The zero-order chi connectivity index (χ0) is 22.2. The van der Waals surface area contributed by atoms with Gasteiger partial charge in [-0.1, -0.05) is 42.5 Å². The van der Waals surface area contributed by atoms with Gasteiger partial charge >= 0.3 is 0 Å². The van der Waals surface area contributed by atoms with E-state index in [1.54, 1.807) is 0 Å². The number of rotatable bonds is 5. The number of nitrogens with zero attached hydrogens (tertiary/aromatic N) is 3. The molecule has 1 aliphatic heterocycles. The molecule has 6 rings (SSSR count). The second-order valence-corrected chi connectivity index (χ2v) is 9.04. The number of hydrogen-bond donors (Lipinski definition) is 2. The number of nitrogens with one attached hydrogen (secondary N) is 2. The highest BCUT2D eigenvalue weighted by Crippen LogP contribution is 2.29. The maximum atomic E-state index is 12.8. The van der Waals surface area contributed by atoms with Crippen LogP contribution in [0.5, 0.6) is 0 Å². The fraction of sp³-hybridized carbons (Fsp3) is 0.160. The Morgan fingerprint density at radius 2 is 1.82 bits per heavy atom. The summed E-state index contributed by atoms with van der Waals surface area (Å²) in [6.07, 6.45) is 0.736. The third kappa shape index (κ3) is 4.10. The summed E-state index contributed by atoms with van der Waals surface area (Å²) >= 11 is 1.47. The minimum Gasteiger partial charge on any atom is -0.453 e. The van der Waals surface area contributed by atoms with E-state index in [0.717, 1.165) is 56.8 Å². The van der Waals surface area contributed by atoms with Gasteiger partial charge in [-0.3, -0.25) is 9.69 Å². The lowest BCUT2D eigenvalue weighted by Crippen LogP contribution is -2.35. The highest BCUT2D eigenvalue weighted by Gasteiger charge is 2.22. The van der Waals surface area contributed by atoms with Crippen molar-refractivity contribution in [3.8, 4) is 11.4 Å². The van der Waals surface area contributed by atoms with Crippen LogP contribution in [0.15, 0.2) is 86.2 Å². The van der Waals surface area contributed by atoms with Crippen molar-refractivity contribution in [1.82, 2.24) is 24.8 Å². The molecule has 1 aliphatic rings. The normalized spacial score (nSPS) is 13.9. The summed E-state index contributed by atoms with van der Waals surface area (Å²) in [7, 11) is 0. The molecule has 0 atom stereocenters. The molecule has 164 valence electrons. The molecule has 5 aromatic rings. The zero-order valence-corrected chi connectivity index (χ0v) is 18.6. The van der Waals surface area contributed by atoms with Crippen LogP contribution < -0.4 is 5.56 Å². The summed E-state index contributed by atoms with van der Waals surface area (Å²) in [5, 5.41) is 1.59. The van der Waals surface area contributed by atoms with Gasteiger partial charge in [0.1, 0.15) is 11.6 Å². The smallest absolute Gasteiger partial charge is 0.255 e. The first kappa shape index (κ1) is 20.0. The van der Waals surface area contributed by atoms with Gasteiger partial charge in [0.25, 0.3) is 5.56 Å². The minimum absolute atomic E-state index is 0.0656. The van der Waals surface area contributed by atoms with Gasteiger partial charge < -0.3 is 14.4 Å². The molecule has 0 fully saturated rings. The first-order valence-electron chi connectivity index (χ1n) is 10.8. The fourth-order valence-electron chi connectivity index (χ4n) is 4.14. The van der Waals surface area contributed by atoms with Crippen molar-refractivity contribution < 1.29 is 4.42 Å². The number of fused-ring (bicyclic) bond motifs is 2. The van der Waals surface area contributed by atoms with Crippen LogP contribution in [0.4, 0.5) is 0 Å². The van der Waals surface area contributed by atoms with E-state index in [0.29, 0.717) is 18.9 Å². The van der Waals surface area contributed by atoms with Gasteiger partial charge in [0, 0.05) is 25.1 Å². The van der Waals surface area contributed by atoms with Gasteiger partial charge in [0.15, 0.2) is 10.2 Å². The van der Waals surface area contributed by atoms with Crippen LogP contribution in [0.1, 0.15) is 17.0 Å². The molecule has 2 N–H and O–H groups in total. The molecule has 0 amide bonds. The lowest BCUT2D eigenvalue weighted by atomic mass is 10.1. The van der Waals surface area contributed by atoms with E-state index in [2.05, 4.69) is 19.9 Å². The molecule has 8 heteroatoms. The summed E-state index contributed by atoms with van der Waals surface area (Å²) in [6, 6.07) is 21.7. The molecule has 0 saturated carbocycles. The van der Waals surface area contributed by atoms with Gasteiger partial charge in [-0.25, -0.2) is 9.97 Å². The van der Waals surface area contributed by atoms with Crippen LogP contribution in [0.2, 0.25) is 0 Å². The highest BCUT2D eigenvalue weighted by molar-refractivity contribution is 7.99. The van der Waals surface area contributed by atoms with Gasteiger partial charge in [0.05, 0.1) is 28.8 Å². The van der Waals surface area contributed by atoms with Gasteiger partial charge in [0.2, 0.25) is 0 Å². The predicted molar refractivity (Wildman–Crippen MR) is 127 cm³/mol. The second kappa shape index (κ2) is 8.38. The van der Waals surface area contributed by atoms with E-state index >= 15 is 0 Å². The van der Waals surface area contributed by atoms with Crippen LogP contribution >= 0.6 is 11.8 Å². The van der Waals surface area contributed by atoms with Gasteiger partial charge in [-0.15, -0.1) is 0 Å². The summed E-state index contributed by atoms with van der Waals surface area (Å²) < 4.78 is 6.04. The van der Waals surface area contributed by atoms with Crippen molar-refractivity contribution in [2.24, 2.45) is 0 Å². The number of imidazole rings is 1. The standard InChI is InChI=1S/C25H21N5O2S/c31-24-18-15-30(13-12-19(18)26-23(29-24)16-6-2-1-3-7-16)14-17-10-11-22(32-17)33-25-27-20-8-4-5-9-21(20)28-25/h1-11H,12-15H2,(H,27,28)(H,26,29,31). The second-order valence-electron chi connectivity index (χ2n) is 8.05. The monoisotopic (exact) mass is 455 g/mol. The van der Waals surface area contributed by atoms with Crippen LogP contribution in [-0.4, -0.2) is 31.4 Å². The number of aromatic nitrogens is 4. The van der Waals surface area contributed by atoms with Crippen molar-refractivity contribution in [1.29, 1.82) is 0 Å². The SMILES string of the molecule is O=c1[nH]c(-c2ccccc2)nc2c1CN(Cc1ccc(Sc3nc4ccccc4[nH]3)o1)CC2. The van der Waals surface area contributed by atoms with Crippen molar-refractivity contribution in [3.63, 3.8) is 0 Å². The molecular weight excluding hydrogens is 434 g/mol. The number of aromatic amines is 2. The molecule has 0 spiro atoms.